The summed E-state index contributed by atoms with van der Waals surface area (Å²) in [6.45, 7) is 7.37. The van der Waals surface area contributed by atoms with Gasteiger partial charge in [0.1, 0.15) is 0 Å². The summed E-state index contributed by atoms with van der Waals surface area (Å²) in [7, 11) is 0. The average Bonchev–Trinajstić information content (AvgIpc) is 2.71. The van der Waals surface area contributed by atoms with Gasteiger partial charge in [-0.15, -0.1) is 0 Å². The predicted octanol–water partition coefficient (Wildman–Crippen LogP) is 2.02. The van der Waals surface area contributed by atoms with Gasteiger partial charge in [-0.05, 0) is 13.0 Å². The minimum absolute atomic E-state index is 0.193. The van der Waals surface area contributed by atoms with E-state index in [1.807, 2.05) is 0 Å². The lowest BCUT2D eigenvalue weighted by atomic mass is 10.0. The molecule has 3 heteroatoms. The molecule has 88 valence electrons. The molecule has 0 aromatic heterocycles. The van der Waals surface area contributed by atoms with Crippen LogP contribution in [0.15, 0.2) is 0 Å². The largest absolute Gasteiger partial charge is 0.347 e. The van der Waals surface area contributed by atoms with E-state index in [-0.39, 0.29) is 5.79 Å². The molecule has 0 aromatic carbocycles. The SMILES string of the molecule is CCCCCN1CCC2(CC1)OCCO2. The average molecular weight is 213 g/mol. The van der Waals surface area contributed by atoms with E-state index in [2.05, 4.69) is 11.8 Å². The monoisotopic (exact) mass is 213 g/mol. The first-order valence-electron chi connectivity index (χ1n) is 6.35. The van der Waals surface area contributed by atoms with Crippen LogP contribution in [-0.2, 0) is 9.47 Å². The third kappa shape index (κ3) is 2.92. The quantitative estimate of drug-likeness (QED) is 0.667. The number of ether oxygens (including phenoxy) is 2. The Kier molecular flexibility index (Phi) is 4.00. The van der Waals surface area contributed by atoms with Crippen molar-refractivity contribution < 1.29 is 9.47 Å². The smallest absolute Gasteiger partial charge is 0.170 e. The van der Waals surface area contributed by atoms with Gasteiger partial charge in [0.05, 0.1) is 13.2 Å². The van der Waals surface area contributed by atoms with Gasteiger partial charge in [0, 0.05) is 25.9 Å². The standard InChI is InChI=1S/C12H23NO2/c1-2-3-4-7-13-8-5-12(6-9-13)14-10-11-15-12/h2-11H2,1H3. The lowest BCUT2D eigenvalue weighted by molar-refractivity contribution is -0.185. The van der Waals surface area contributed by atoms with E-state index in [0.29, 0.717) is 0 Å². The van der Waals surface area contributed by atoms with Crippen LogP contribution in [-0.4, -0.2) is 43.5 Å². The van der Waals surface area contributed by atoms with Crippen molar-refractivity contribution in [3.05, 3.63) is 0 Å². The van der Waals surface area contributed by atoms with Gasteiger partial charge in [-0.3, -0.25) is 0 Å². The zero-order valence-corrected chi connectivity index (χ0v) is 9.83. The van der Waals surface area contributed by atoms with E-state index in [4.69, 9.17) is 9.47 Å². The summed E-state index contributed by atoms with van der Waals surface area (Å²) in [5.74, 6) is -0.193. The molecule has 0 amide bonds. The van der Waals surface area contributed by atoms with Crippen LogP contribution in [0.5, 0.6) is 0 Å². The number of nitrogens with zero attached hydrogens (tertiary/aromatic N) is 1. The number of rotatable bonds is 4. The first-order valence-corrected chi connectivity index (χ1v) is 6.35. The van der Waals surface area contributed by atoms with Crippen molar-refractivity contribution in [3.63, 3.8) is 0 Å². The molecule has 2 heterocycles. The first-order chi connectivity index (χ1) is 7.35. The molecule has 0 atom stereocenters. The molecule has 0 N–H and O–H groups in total. The zero-order chi connectivity index (χ0) is 10.6. The summed E-state index contributed by atoms with van der Waals surface area (Å²) in [5, 5.41) is 0. The molecule has 3 nitrogen and oxygen atoms in total. The number of hydrogen-bond donors (Lipinski definition) is 0. The highest BCUT2D eigenvalue weighted by molar-refractivity contribution is 4.82. The van der Waals surface area contributed by atoms with E-state index in [9.17, 15) is 0 Å². The third-order valence-corrected chi connectivity index (χ3v) is 3.51. The molecule has 2 saturated heterocycles. The van der Waals surface area contributed by atoms with E-state index in [1.165, 1.54) is 25.8 Å². The fourth-order valence-electron chi connectivity index (χ4n) is 2.49. The number of piperidine rings is 1. The van der Waals surface area contributed by atoms with E-state index < -0.39 is 0 Å². The summed E-state index contributed by atoms with van der Waals surface area (Å²) in [5.41, 5.74) is 0. The van der Waals surface area contributed by atoms with Gasteiger partial charge < -0.3 is 14.4 Å². The zero-order valence-electron chi connectivity index (χ0n) is 9.83. The summed E-state index contributed by atoms with van der Waals surface area (Å²) >= 11 is 0. The molecule has 0 radical (unpaired) electrons. The van der Waals surface area contributed by atoms with Crippen LogP contribution in [0.2, 0.25) is 0 Å². The predicted molar refractivity (Wildman–Crippen MR) is 59.8 cm³/mol. The van der Waals surface area contributed by atoms with E-state index >= 15 is 0 Å². The fourth-order valence-corrected chi connectivity index (χ4v) is 2.49. The van der Waals surface area contributed by atoms with Gasteiger partial charge in [0.2, 0.25) is 0 Å². The second-order valence-electron chi connectivity index (χ2n) is 4.66. The maximum atomic E-state index is 5.71. The Morgan fingerprint density at radius 3 is 2.33 bits per heavy atom. The summed E-state index contributed by atoms with van der Waals surface area (Å²) < 4.78 is 11.4. The molecular weight excluding hydrogens is 190 g/mol. The molecule has 0 saturated carbocycles. The van der Waals surface area contributed by atoms with Crippen molar-refractivity contribution in [2.75, 3.05) is 32.8 Å². The van der Waals surface area contributed by atoms with Crippen LogP contribution in [0.25, 0.3) is 0 Å². The minimum Gasteiger partial charge on any atom is -0.347 e. The number of likely N-dealkylation sites (tertiary alicyclic amines) is 1. The van der Waals surface area contributed by atoms with Gasteiger partial charge in [0.15, 0.2) is 5.79 Å². The Morgan fingerprint density at radius 1 is 1.07 bits per heavy atom. The molecule has 0 unspecified atom stereocenters. The Labute approximate surface area is 92.7 Å². The summed E-state index contributed by atoms with van der Waals surface area (Å²) in [6, 6.07) is 0. The van der Waals surface area contributed by atoms with Crippen LogP contribution < -0.4 is 0 Å². The maximum Gasteiger partial charge on any atom is 0.170 e. The molecule has 0 aromatic rings. The molecule has 2 fully saturated rings. The normalized spacial score (nSPS) is 26.2. The van der Waals surface area contributed by atoms with Crippen LogP contribution in [0, 0.1) is 0 Å². The second kappa shape index (κ2) is 5.28. The van der Waals surface area contributed by atoms with Crippen LogP contribution in [0.4, 0.5) is 0 Å². The maximum absolute atomic E-state index is 5.71. The Bertz CT molecular complexity index is 180. The minimum atomic E-state index is -0.193. The molecular formula is C12H23NO2. The lowest BCUT2D eigenvalue weighted by Gasteiger charge is -2.37. The van der Waals surface area contributed by atoms with E-state index in [0.717, 1.165) is 39.1 Å². The fraction of sp³-hybridized carbons (Fsp3) is 1.00. The van der Waals surface area contributed by atoms with Crippen molar-refractivity contribution in [3.8, 4) is 0 Å². The van der Waals surface area contributed by atoms with Crippen LogP contribution in [0.3, 0.4) is 0 Å². The van der Waals surface area contributed by atoms with Crippen molar-refractivity contribution >= 4 is 0 Å². The van der Waals surface area contributed by atoms with Gasteiger partial charge in [-0.25, -0.2) is 0 Å². The summed E-state index contributed by atoms with van der Waals surface area (Å²) in [6.07, 6.45) is 6.11. The van der Waals surface area contributed by atoms with Gasteiger partial charge in [-0.2, -0.15) is 0 Å². The lowest BCUT2D eigenvalue weighted by Crippen LogP contribution is -2.45. The van der Waals surface area contributed by atoms with Crippen molar-refractivity contribution in [2.45, 2.75) is 44.8 Å². The topological polar surface area (TPSA) is 21.7 Å². The highest BCUT2D eigenvalue weighted by atomic mass is 16.7. The third-order valence-electron chi connectivity index (χ3n) is 3.51. The molecule has 2 aliphatic rings. The van der Waals surface area contributed by atoms with Crippen LogP contribution in [0.1, 0.15) is 39.0 Å². The van der Waals surface area contributed by atoms with Crippen LogP contribution >= 0.6 is 0 Å². The van der Waals surface area contributed by atoms with Gasteiger partial charge >= 0.3 is 0 Å². The molecule has 2 rings (SSSR count). The molecule has 0 aliphatic carbocycles. The van der Waals surface area contributed by atoms with Gasteiger partial charge in [-0.1, -0.05) is 19.8 Å². The van der Waals surface area contributed by atoms with Crippen molar-refractivity contribution in [1.82, 2.24) is 4.90 Å². The number of unbranched alkanes of at least 4 members (excludes halogenated alkanes) is 2. The Hall–Kier alpha value is -0.120. The van der Waals surface area contributed by atoms with E-state index in [1.54, 1.807) is 0 Å². The van der Waals surface area contributed by atoms with Crippen molar-refractivity contribution in [2.24, 2.45) is 0 Å². The van der Waals surface area contributed by atoms with Gasteiger partial charge in [0.25, 0.3) is 0 Å². The first kappa shape index (κ1) is 11.4. The molecule has 0 bridgehead atoms. The molecule has 1 spiro atoms. The Balaban J connectivity index is 1.67. The highest BCUT2D eigenvalue weighted by Gasteiger charge is 2.39. The highest BCUT2D eigenvalue weighted by Crippen LogP contribution is 2.31. The van der Waals surface area contributed by atoms with Crippen molar-refractivity contribution in [1.29, 1.82) is 0 Å². The Morgan fingerprint density at radius 2 is 1.73 bits per heavy atom. The summed E-state index contributed by atoms with van der Waals surface area (Å²) in [4.78, 5) is 2.55. The number of hydrogen-bond acceptors (Lipinski definition) is 3. The second-order valence-corrected chi connectivity index (χ2v) is 4.66. The molecule has 2 aliphatic heterocycles. The molecule has 15 heavy (non-hydrogen) atoms.